The van der Waals surface area contributed by atoms with Crippen molar-refractivity contribution >= 4 is 0 Å². The van der Waals surface area contributed by atoms with Crippen molar-refractivity contribution in [3.05, 3.63) is 69.8 Å². The molecule has 2 aromatic carbocycles. The molecule has 1 nitrogen and oxygen atoms in total. The Bertz CT molecular complexity index is 628. The molecule has 0 aromatic heterocycles. The Morgan fingerprint density at radius 1 is 0.950 bits per heavy atom. The fourth-order valence-corrected chi connectivity index (χ4v) is 3.34. The van der Waals surface area contributed by atoms with Crippen molar-refractivity contribution in [3.63, 3.8) is 0 Å². The second-order valence-corrected chi connectivity index (χ2v) is 5.96. The first kappa shape index (κ1) is 13.4. The maximum absolute atomic E-state index is 3.49. The summed E-state index contributed by atoms with van der Waals surface area (Å²) < 4.78 is 0. The molecule has 0 heterocycles. The third kappa shape index (κ3) is 2.38. The molecule has 1 atom stereocenters. The summed E-state index contributed by atoms with van der Waals surface area (Å²) in [5.74, 6) is 0. The first-order valence-electron chi connectivity index (χ1n) is 7.55. The molecule has 0 saturated heterocycles. The van der Waals surface area contributed by atoms with Gasteiger partial charge in [0.15, 0.2) is 0 Å². The lowest BCUT2D eigenvalue weighted by molar-refractivity contribution is 0.686. The van der Waals surface area contributed by atoms with Crippen LogP contribution in [0.2, 0.25) is 0 Å². The van der Waals surface area contributed by atoms with Crippen molar-refractivity contribution in [1.29, 1.82) is 0 Å². The normalized spacial score (nSPS) is 15.2. The fourth-order valence-electron chi connectivity index (χ4n) is 3.34. The maximum atomic E-state index is 3.49. The largest absolute Gasteiger partial charge is 0.309 e. The second-order valence-electron chi connectivity index (χ2n) is 5.96. The summed E-state index contributed by atoms with van der Waals surface area (Å²) in [6.07, 6.45) is 3.81. The van der Waals surface area contributed by atoms with E-state index in [1.165, 1.54) is 41.5 Å². The molecule has 0 aliphatic heterocycles. The zero-order chi connectivity index (χ0) is 14.1. The summed E-state index contributed by atoms with van der Waals surface area (Å²) in [6, 6.07) is 14.0. The van der Waals surface area contributed by atoms with Gasteiger partial charge < -0.3 is 5.32 Å². The smallest absolute Gasteiger partial charge is 0.0577 e. The van der Waals surface area contributed by atoms with Gasteiger partial charge in [0, 0.05) is 0 Å². The second kappa shape index (κ2) is 5.41. The summed E-state index contributed by atoms with van der Waals surface area (Å²) in [5, 5.41) is 3.49. The summed E-state index contributed by atoms with van der Waals surface area (Å²) in [5.41, 5.74) is 8.56. The van der Waals surface area contributed by atoms with Gasteiger partial charge in [-0.2, -0.15) is 0 Å². The van der Waals surface area contributed by atoms with Crippen LogP contribution < -0.4 is 5.32 Å². The molecule has 20 heavy (non-hydrogen) atoms. The quantitative estimate of drug-likeness (QED) is 0.881. The standard InChI is InChI=1S/C19H23N/c1-13-7-8-14(2)18(11-13)19(20-3)17-10-9-15-5-4-6-16(15)12-17/h7-12,19-20H,4-6H2,1-3H3. The molecule has 0 amide bonds. The predicted octanol–water partition coefficient (Wildman–Crippen LogP) is 4.10. The van der Waals surface area contributed by atoms with E-state index >= 15 is 0 Å². The third-order valence-electron chi connectivity index (χ3n) is 4.49. The molecule has 1 aliphatic rings. The minimum absolute atomic E-state index is 0.292. The van der Waals surface area contributed by atoms with Crippen molar-refractivity contribution in [1.82, 2.24) is 5.32 Å². The Labute approximate surface area is 122 Å². The molecule has 0 bridgehead atoms. The van der Waals surface area contributed by atoms with Gasteiger partial charge in [0.2, 0.25) is 0 Å². The average Bonchev–Trinajstić information content (AvgIpc) is 2.91. The fraction of sp³-hybridized carbons (Fsp3) is 0.368. The molecule has 0 spiro atoms. The van der Waals surface area contributed by atoms with Crippen molar-refractivity contribution in [2.75, 3.05) is 7.05 Å². The summed E-state index contributed by atoms with van der Waals surface area (Å²) in [4.78, 5) is 0. The molecule has 0 saturated carbocycles. The highest BCUT2D eigenvalue weighted by molar-refractivity contribution is 5.43. The average molecular weight is 265 g/mol. The van der Waals surface area contributed by atoms with E-state index in [0.29, 0.717) is 6.04 Å². The molecule has 1 aliphatic carbocycles. The van der Waals surface area contributed by atoms with Crippen LogP contribution in [-0.2, 0) is 12.8 Å². The van der Waals surface area contributed by atoms with Gasteiger partial charge in [-0.05, 0) is 68.0 Å². The Morgan fingerprint density at radius 3 is 2.55 bits per heavy atom. The molecule has 3 rings (SSSR count). The van der Waals surface area contributed by atoms with Crippen molar-refractivity contribution < 1.29 is 0 Å². The number of aryl methyl sites for hydroxylation is 4. The van der Waals surface area contributed by atoms with Gasteiger partial charge in [-0.3, -0.25) is 0 Å². The van der Waals surface area contributed by atoms with Gasteiger partial charge in [-0.1, -0.05) is 42.0 Å². The number of fused-ring (bicyclic) bond motifs is 1. The zero-order valence-corrected chi connectivity index (χ0v) is 12.7. The number of rotatable bonds is 3. The highest BCUT2D eigenvalue weighted by atomic mass is 14.9. The van der Waals surface area contributed by atoms with E-state index in [1.54, 1.807) is 11.1 Å². The van der Waals surface area contributed by atoms with Gasteiger partial charge in [0.1, 0.15) is 0 Å². The lowest BCUT2D eigenvalue weighted by Crippen LogP contribution is -2.19. The minimum atomic E-state index is 0.292. The van der Waals surface area contributed by atoms with E-state index < -0.39 is 0 Å². The van der Waals surface area contributed by atoms with Gasteiger partial charge in [0.25, 0.3) is 0 Å². The minimum Gasteiger partial charge on any atom is -0.309 e. The molecule has 104 valence electrons. The Morgan fingerprint density at radius 2 is 1.75 bits per heavy atom. The van der Waals surface area contributed by atoms with Gasteiger partial charge >= 0.3 is 0 Å². The van der Waals surface area contributed by atoms with Crippen LogP contribution in [0.5, 0.6) is 0 Å². The first-order chi connectivity index (χ1) is 9.69. The van der Waals surface area contributed by atoms with Crippen molar-refractivity contribution in [2.45, 2.75) is 39.2 Å². The number of benzene rings is 2. The van der Waals surface area contributed by atoms with Gasteiger partial charge in [-0.25, -0.2) is 0 Å². The maximum Gasteiger partial charge on any atom is 0.0577 e. The van der Waals surface area contributed by atoms with E-state index in [9.17, 15) is 0 Å². The van der Waals surface area contributed by atoms with Crippen LogP contribution in [-0.4, -0.2) is 7.05 Å². The van der Waals surface area contributed by atoms with E-state index in [4.69, 9.17) is 0 Å². The van der Waals surface area contributed by atoms with Crippen LogP contribution in [0.3, 0.4) is 0 Å². The molecule has 0 fully saturated rings. The van der Waals surface area contributed by atoms with Crippen LogP contribution in [0.25, 0.3) is 0 Å². The third-order valence-corrected chi connectivity index (χ3v) is 4.49. The van der Waals surface area contributed by atoms with Crippen LogP contribution in [0.15, 0.2) is 36.4 Å². The number of hydrogen-bond acceptors (Lipinski definition) is 1. The van der Waals surface area contributed by atoms with Crippen molar-refractivity contribution in [3.8, 4) is 0 Å². The van der Waals surface area contributed by atoms with E-state index in [0.717, 1.165) is 0 Å². The monoisotopic (exact) mass is 265 g/mol. The highest BCUT2D eigenvalue weighted by Crippen LogP contribution is 2.30. The molecule has 0 radical (unpaired) electrons. The zero-order valence-electron chi connectivity index (χ0n) is 12.7. The SMILES string of the molecule is CNC(c1ccc2c(c1)CCC2)c1cc(C)ccc1C. The molecular formula is C19H23N. The summed E-state index contributed by atoms with van der Waals surface area (Å²) >= 11 is 0. The van der Waals surface area contributed by atoms with Crippen molar-refractivity contribution in [2.24, 2.45) is 0 Å². The lowest BCUT2D eigenvalue weighted by Gasteiger charge is -2.21. The molecule has 1 unspecified atom stereocenters. The van der Waals surface area contributed by atoms with Gasteiger partial charge in [-0.15, -0.1) is 0 Å². The summed E-state index contributed by atoms with van der Waals surface area (Å²) in [7, 11) is 2.06. The molecule has 2 aromatic rings. The highest BCUT2D eigenvalue weighted by Gasteiger charge is 2.17. The number of nitrogens with one attached hydrogen (secondary N) is 1. The topological polar surface area (TPSA) is 12.0 Å². The van der Waals surface area contributed by atoms with Crippen LogP contribution in [0.1, 0.15) is 45.8 Å². The molecular weight excluding hydrogens is 242 g/mol. The van der Waals surface area contributed by atoms with Gasteiger partial charge in [0.05, 0.1) is 6.04 Å². The Balaban J connectivity index is 2.03. The molecule has 1 N–H and O–H groups in total. The number of hydrogen-bond donors (Lipinski definition) is 1. The Hall–Kier alpha value is -1.60. The lowest BCUT2D eigenvalue weighted by atomic mass is 9.92. The Kier molecular flexibility index (Phi) is 3.62. The summed E-state index contributed by atoms with van der Waals surface area (Å²) in [6.45, 7) is 4.37. The van der Waals surface area contributed by atoms with Crippen LogP contribution in [0.4, 0.5) is 0 Å². The van der Waals surface area contributed by atoms with Crippen LogP contribution >= 0.6 is 0 Å². The van der Waals surface area contributed by atoms with Crippen LogP contribution in [0, 0.1) is 13.8 Å². The van der Waals surface area contributed by atoms with E-state index in [2.05, 4.69) is 62.6 Å². The molecule has 1 heteroatoms. The first-order valence-corrected chi connectivity index (χ1v) is 7.55. The van der Waals surface area contributed by atoms with E-state index in [1.807, 2.05) is 0 Å². The predicted molar refractivity (Wildman–Crippen MR) is 85.3 cm³/mol. The van der Waals surface area contributed by atoms with E-state index in [-0.39, 0.29) is 0 Å².